The van der Waals surface area contributed by atoms with Gasteiger partial charge in [-0.25, -0.2) is 4.79 Å². The van der Waals surface area contributed by atoms with Gasteiger partial charge in [0.25, 0.3) is 0 Å². The topological polar surface area (TPSA) is 98.7 Å². The fourth-order valence-corrected chi connectivity index (χ4v) is 4.97. The monoisotopic (exact) mass is 449 g/mol. The third kappa shape index (κ3) is 5.09. The minimum absolute atomic E-state index is 0.0991. The molecule has 0 spiro atoms. The number of carboxylic acid groups (broad SMARTS) is 1. The molecule has 7 heteroatoms. The normalized spacial score (nSPS) is 20.7. The van der Waals surface area contributed by atoms with Gasteiger partial charge in [-0.05, 0) is 43.4 Å². The number of nitrogens with zero attached hydrogens (tertiary/aromatic N) is 1. The Morgan fingerprint density at radius 1 is 1.03 bits per heavy atom. The lowest BCUT2D eigenvalue weighted by atomic mass is 9.71. The number of rotatable bonds is 7. The third-order valence-electron chi connectivity index (χ3n) is 6.93. The summed E-state index contributed by atoms with van der Waals surface area (Å²) in [7, 11) is 0. The van der Waals surface area contributed by atoms with Crippen molar-refractivity contribution >= 4 is 17.8 Å². The Kier molecular flexibility index (Phi) is 7.08. The van der Waals surface area contributed by atoms with Crippen molar-refractivity contribution in [3.05, 3.63) is 71.8 Å². The smallest absolute Gasteiger partial charge is 0.326 e. The Bertz CT molecular complexity index is 966. The first-order chi connectivity index (χ1) is 16.0. The van der Waals surface area contributed by atoms with E-state index in [1.54, 1.807) is 0 Å². The van der Waals surface area contributed by atoms with Crippen molar-refractivity contribution in [2.75, 3.05) is 19.6 Å². The average Bonchev–Trinajstić information content (AvgIpc) is 3.39. The van der Waals surface area contributed by atoms with Crippen LogP contribution in [-0.2, 0) is 26.2 Å². The van der Waals surface area contributed by atoms with E-state index in [0.29, 0.717) is 25.9 Å². The molecule has 2 atom stereocenters. The second-order valence-corrected chi connectivity index (χ2v) is 8.98. The van der Waals surface area contributed by atoms with Gasteiger partial charge < -0.3 is 20.6 Å². The molecule has 7 nitrogen and oxygen atoms in total. The molecule has 2 saturated heterocycles. The van der Waals surface area contributed by atoms with Crippen LogP contribution >= 0.6 is 0 Å². The van der Waals surface area contributed by atoms with Gasteiger partial charge in [-0.15, -0.1) is 0 Å². The molecule has 0 aromatic heterocycles. The van der Waals surface area contributed by atoms with Crippen molar-refractivity contribution in [2.24, 2.45) is 0 Å². The second kappa shape index (κ2) is 10.2. The molecule has 0 radical (unpaired) electrons. The van der Waals surface area contributed by atoms with Crippen LogP contribution in [0.1, 0.15) is 36.8 Å². The van der Waals surface area contributed by atoms with E-state index in [1.807, 2.05) is 65.6 Å². The van der Waals surface area contributed by atoms with E-state index in [4.69, 9.17) is 0 Å². The van der Waals surface area contributed by atoms with Gasteiger partial charge in [-0.1, -0.05) is 60.7 Å². The van der Waals surface area contributed by atoms with Crippen molar-refractivity contribution < 1.29 is 19.5 Å². The first-order valence-corrected chi connectivity index (χ1v) is 11.6. The Morgan fingerprint density at radius 2 is 1.67 bits per heavy atom. The summed E-state index contributed by atoms with van der Waals surface area (Å²) in [6.07, 6.45) is 2.97. The average molecular weight is 450 g/mol. The Balaban J connectivity index is 1.52. The Morgan fingerprint density at radius 3 is 2.24 bits per heavy atom. The van der Waals surface area contributed by atoms with Crippen LogP contribution in [0.5, 0.6) is 0 Å². The number of carbonyl (C=O) groups is 3. The molecule has 0 bridgehead atoms. The predicted octanol–water partition coefficient (Wildman–Crippen LogP) is 2.11. The molecule has 2 heterocycles. The number of hydrogen-bond acceptors (Lipinski definition) is 4. The highest BCUT2D eigenvalue weighted by atomic mass is 16.4. The SMILES string of the molecule is O=C(O)C(Cc1ccccc1)NC(=O)C1(c2ccccc2)CCN(C(=O)C2CCCN2)CC1. The summed E-state index contributed by atoms with van der Waals surface area (Å²) in [6.45, 7) is 1.80. The highest BCUT2D eigenvalue weighted by molar-refractivity contribution is 5.92. The minimum atomic E-state index is -1.06. The molecule has 2 aliphatic heterocycles. The molecule has 2 aromatic rings. The number of likely N-dealkylation sites (tertiary alicyclic amines) is 1. The number of aliphatic carboxylic acids is 1. The number of carboxylic acids is 1. The van der Waals surface area contributed by atoms with Crippen LogP contribution in [0.2, 0.25) is 0 Å². The summed E-state index contributed by atoms with van der Waals surface area (Å²) in [5, 5.41) is 15.9. The maximum atomic E-state index is 13.7. The van der Waals surface area contributed by atoms with Crippen LogP contribution in [0.3, 0.4) is 0 Å². The number of nitrogens with one attached hydrogen (secondary N) is 2. The van der Waals surface area contributed by atoms with Crippen LogP contribution < -0.4 is 10.6 Å². The van der Waals surface area contributed by atoms with Crippen LogP contribution in [0.4, 0.5) is 0 Å². The Hall–Kier alpha value is -3.19. The zero-order valence-corrected chi connectivity index (χ0v) is 18.7. The van der Waals surface area contributed by atoms with Gasteiger partial charge in [0.15, 0.2) is 0 Å². The maximum absolute atomic E-state index is 13.7. The molecule has 33 heavy (non-hydrogen) atoms. The molecule has 0 saturated carbocycles. The van der Waals surface area contributed by atoms with E-state index in [-0.39, 0.29) is 24.3 Å². The van der Waals surface area contributed by atoms with Crippen LogP contribution in [-0.4, -0.2) is 59.5 Å². The van der Waals surface area contributed by atoms with E-state index in [1.165, 1.54) is 0 Å². The second-order valence-electron chi connectivity index (χ2n) is 8.98. The van der Waals surface area contributed by atoms with Gasteiger partial charge in [-0.3, -0.25) is 9.59 Å². The van der Waals surface area contributed by atoms with Gasteiger partial charge >= 0.3 is 5.97 Å². The van der Waals surface area contributed by atoms with Gasteiger partial charge in [0.2, 0.25) is 11.8 Å². The lowest BCUT2D eigenvalue weighted by Crippen LogP contribution is -2.57. The van der Waals surface area contributed by atoms with Crippen molar-refractivity contribution in [1.29, 1.82) is 0 Å². The lowest BCUT2D eigenvalue weighted by Gasteiger charge is -2.42. The maximum Gasteiger partial charge on any atom is 0.326 e. The summed E-state index contributed by atoms with van der Waals surface area (Å²) in [6, 6.07) is 17.7. The fraction of sp³-hybridized carbons (Fsp3) is 0.423. The van der Waals surface area contributed by atoms with Gasteiger partial charge in [0.1, 0.15) is 6.04 Å². The fourth-order valence-electron chi connectivity index (χ4n) is 4.97. The van der Waals surface area contributed by atoms with Crippen LogP contribution in [0.15, 0.2) is 60.7 Å². The van der Waals surface area contributed by atoms with E-state index >= 15 is 0 Å². The van der Waals surface area contributed by atoms with Gasteiger partial charge in [0, 0.05) is 19.5 Å². The number of benzene rings is 2. The largest absolute Gasteiger partial charge is 0.480 e. The van der Waals surface area contributed by atoms with Crippen molar-refractivity contribution in [3.63, 3.8) is 0 Å². The highest BCUT2D eigenvalue weighted by Gasteiger charge is 2.45. The molecule has 2 amide bonds. The summed E-state index contributed by atoms with van der Waals surface area (Å²) in [4.78, 5) is 40.4. The van der Waals surface area contributed by atoms with E-state index in [2.05, 4.69) is 10.6 Å². The Labute approximate surface area is 194 Å². The first-order valence-electron chi connectivity index (χ1n) is 11.6. The van der Waals surface area contributed by atoms with E-state index in [9.17, 15) is 19.5 Å². The van der Waals surface area contributed by atoms with Gasteiger partial charge in [-0.2, -0.15) is 0 Å². The standard InChI is InChI=1S/C26H31N3O4/c30-23(21-12-7-15-27-21)29-16-13-26(14-17-29,20-10-5-2-6-11-20)25(33)28-22(24(31)32)18-19-8-3-1-4-9-19/h1-6,8-11,21-22,27H,7,12-18H2,(H,28,33)(H,31,32). The molecular formula is C26H31N3O4. The molecule has 2 aromatic carbocycles. The van der Waals surface area contributed by atoms with E-state index in [0.717, 1.165) is 30.5 Å². The number of piperidine rings is 1. The van der Waals surface area contributed by atoms with Crippen LogP contribution in [0.25, 0.3) is 0 Å². The zero-order valence-electron chi connectivity index (χ0n) is 18.7. The lowest BCUT2D eigenvalue weighted by molar-refractivity contribution is -0.143. The van der Waals surface area contributed by atoms with Crippen molar-refractivity contribution in [2.45, 2.75) is 49.6 Å². The van der Waals surface area contributed by atoms with E-state index < -0.39 is 17.4 Å². The minimum Gasteiger partial charge on any atom is -0.480 e. The predicted molar refractivity (Wildman–Crippen MR) is 125 cm³/mol. The molecule has 4 rings (SSSR count). The van der Waals surface area contributed by atoms with Crippen molar-refractivity contribution in [3.8, 4) is 0 Å². The number of amides is 2. The molecule has 0 aliphatic carbocycles. The molecule has 2 unspecified atom stereocenters. The summed E-state index contributed by atoms with van der Waals surface area (Å²) in [5.41, 5.74) is 0.840. The number of carbonyl (C=O) groups excluding carboxylic acids is 2. The van der Waals surface area contributed by atoms with Crippen LogP contribution in [0, 0.1) is 0 Å². The highest BCUT2D eigenvalue weighted by Crippen LogP contribution is 2.36. The summed E-state index contributed by atoms with van der Waals surface area (Å²) in [5.74, 6) is -1.25. The molecule has 2 aliphatic rings. The summed E-state index contributed by atoms with van der Waals surface area (Å²) < 4.78 is 0. The van der Waals surface area contributed by atoms with Gasteiger partial charge in [0.05, 0.1) is 11.5 Å². The molecule has 3 N–H and O–H groups in total. The zero-order chi connectivity index (χ0) is 23.3. The molecular weight excluding hydrogens is 418 g/mol. The third-order valence-corrected chi connectivity index (χ3v) is 6.93. The quantitative estimate of drug-likeness (QED) is 0.601. The molecule has 2 fully saturated rings. The molecule has 174 valence electrons. The summed E-state index contributed by atoms with van der Waals surface area (Å²) >= 11 is 0. The number of hydrogen-bond donors (Lipinski definition) is 3. The van der Waals surface area contributed by atoms with Crippen molar-refractivity contribution in [1.82, 2.24) is 15.5 Å². The first kappa shape index (κ1) is 23.0.